The second-order valence-electron chi connectivity index (χ2n) is 8.86. The van der Waals surface area contributed by atoms with Gasteiger partial charge in [-0.1, -0.05) is 24.3 Å². The van der Waals surface area contributed by atoms with Crippen LogP contribution in [0.2, 0.25) is 0 Å². The van der Waals surface area contributed by atoms with E-state index in [1.165, 1.54) is 6.08 Å². The third-order valence-electron chi connectivity index (χ3n) is 5.82. The number of methoxy groups -OCH3 is 1. The van der Waals surface area contributed by atoms with E-state index in [-0.39, 0.29) is 19.1 Å². The molecule has 0 saturated carbocycles. The fraction of sp³-hybridized carbons (Fsp3) is 0.172. The number of ether oxygens (including phenoxy) is 3. The summed E-state index contributed by atoms with van der Waals surface area (Å²) >= 11 is 0. The molecule has 0 amide bonds. The molecule has 0 aliphatic rings. The lowest BCUT2D eigenvalue weighted by molar-refractivity contribution is 0.275. The van der Waals surface area contributed by atoms with Crippen molar-refractivity contribution in [3.63, 3.8) is 0 Å². The quantitative estimate of drug-likeness (QED) is 0.203. The van der Waals surface area contributed by atoms with Gasteiger partial charge in [0.1, 0.15) is 24.7 Å². The van der Waals surface area contributed by atoms with Gasteiger partial charge < -0.3 is 23.0 Å². The lowest BCUT2D eigenvalue weighted by atomic mass is 10.2. The predicted octanol–water partition coefficient (Wildman–Crippen LogP) is 5.61. The zero-order chi connectivity index (χ0) is 28.1. The highest BCUT2D eigenvalue weighted by molar-refractivity contribution is 7.93. The minimum atomic E-state index is -3.33. The molecule has 3 aromatic heterocycles. The van der Waals surface area contributed by atoms with Crippen LogP contribution in [0.5, 0.6) is 17.4 Å². The van der Waals surface area contributed by atoms with Crippen molar-refractivity contribution in [3.05, 3.63) is 101 Å². The first-order valence-electron chi connectivity index (χ1n) is 12.2. The second kappa shape index (κ2) is 11.5. The number of aryl methyl sites for hydroxylation is 1. The van der Waals surface area contributed by atoms with Crippen molar-refractivity contribution in [2.24, 2.45) is 0 Å². The molecule has 0 fully saturated rings. The normalized spacial score (nSPS) is 11.7. The minimum absolute atomic E-state index is 0.164. The van der Waals surface area contributed by atoms with Gasteiger partial charge in [0.25, 0.3) is 5.89 Å². The number of sulfone groups is 1. The SMILES string of the molecule is COc1cc(COc2nn(-c3ccccc3)cc2/C=C\S(C)(=O)=O)ccc1OCc1nc(-c2ccco2)oc1C. The van der Waals surface area contributed by atoms with Crippen LogP contribution in [0.4, 0.5) is 0 Å². The molecule has 11 heteroatoms. The largest absolute Gasteiger partial charge is 0.493 e. The average Bonchev–Trinajstić information content (AvgIpc) is 3.70. The number of rotatable bonds is 11. The Morgan fingerprint density at radius 3 is 2.55 bits per heavy atom. The van der Waals surface area contributed by atoms with Gasteiger partial charge in [0.05, 0.1) is 24.6 Å². The average molecular weight is 562 g/mol. The zero-order valence-corrected chi connectivity index (χ0v) is 22.9. The van der Waals surface area contributed by atoms with Crippen molar-refractivity contribution in [1.29, 1.82) is 0 Å². The maximum Gasteiger partial charge on any atom is 0.263 e. The van der Waals surface area contributed by atoms with E-state index >= 15 is 0 Å². The van der Waals surface area contributed by atoms with Gasteiger partial charge in [-0.15, -0.1) is 5.10 Å². The molecule has 3 heterocycles. The smallest absolute Gasteiger partial charge is 0.263 e. The first-order valence-corrected chi connectivity index (χ1v) is 14.2. The van der Waals surface area contributed by atoms with E-state index in [2.05, 4.69) is 10.1 Å². The van der Waals surface area contributed by atoms with Crippen molar-refractivity contribution in [2.75, 3.05) is 13.4 Å². The first kappa shape index (κ1) is 26.8. The van der Waals surface area contributed by atoms with Crippen LogP contribution in [-0.2, 0) is 23.1 Å². The van der Waals surface area contributed by atoms with Crippen LogP contribution in [0.3, 0.4) is 0 Å². The molecule has 5 aromatic rings. The summed E-state index contributed by atoms with van der Waals surface area (Å²) in [6, 6.07) is 18.4. The zero-order valence-electron chi connectivity index (χ0n) is 22.1. The standard InChI is InChI=1S/C29H27N3O7S/c1-20-24(30-29(39-20)26-10-7-14-36-26)19-37-25-12-11-21(16-27(25)35-2)18-38-28-22(13-15-40(3,33)34)17-32(31-28)23-8-5-4-6-9-23/h4-17H,18-19H2,1-3H3/b15-13-. The summed E-state index contributed by atoms with van der Waals surface area (Å²) in [5, 5.41) is 5.64. The summed E-state index contributed by atoms with van der Waals surface area (Å²) in [6.45, 7) is 2.15. The van der Waals surface area contributed by atoms with E-state index in [0.717, 1.165) is 22.9 Å². The molecule has 0 spiro atoms. The summed E-state index contributed by atoms with van der Waals surface area (Å²) in [5.74, 6) is 2.89. The molecule has 0 radical (unpaired) electrons. The molecule has 5 rings (SSSR count). The highest BCUT2D eigenvalue weighted by Crippen LogP contribution is 2.31. The molecule has 0 bridgehead atoms. The van der Waals surface area contributed by atoms with E-state index in [1.807, 2.05) is 43.3 Å². The van der Waals surface area contributed by atoms with Gasteiger partial charge in [-0.05, 0) is 55.0 Å². The molecule has 0 atom stereocenters. The lowest BCUT2D eigenvalue weighted by Crippen LogP contribution is -2.02. The molecular weight excluding hydrogens is 534 g/mol. The van der Waals surface area contributed by atoms with E-state index < -0.39 is 9.84 Å². The predicted molar refractivity (Wildman–Crippen MR) is 148 cm³/mol. The van der Waals surface area contributed by atoms with E-state index in [4.69, 9.17) is 23.0 Å². The summed E-state index contributed by atoms with van der Waals surface area (Å²) in [7, 11) is -1.78. The molecule has 206 valence electrons. The summed E-state index contributed by atoms with van der Waals surface area (Å²) in [5.41, 5.74) is 2.78. The molecule has 0 saturated heterocycles. The Balaban J connectivity index is 1.30. The number of benzene rings is 2. The topological polar surface area (TPSA) is 119 Å². The minimum Gasteiger partial charge on any atom is -0.493 e. The fourth-order valence-electron chi connectivity index (χ4n) is 3.79. The van der Waals surface area contributed by atoms with Gasteiger partial charge in [0.15, 0.2) is 27.1 Å². The van der Waals surface area contributed by atoms with Crippen LogP contribution in [0, 0.1) is 6.92 Å². The monoisotopic (exact) mass is 561 g/mol. The van der Waals surface area contributed by atoms with Crippen LogP contribution < -0.4 is 14.2 Å². The molecule has 0 N–H and O–H groups in total. The van der Waals surface area contributed by atoms with Gasteiger partial charge >= 0.3 is 0 Å². The number of nitrogens with zero attached hydrogens (tertiary/aromatic N) is 3. The first-order chi connectivity index (χ1) is 19.3. The molecule has 2 aromatic carbocycles. The molecule has 40 heavy (non-hydrogen) atoms. The maximum atomic E-state index is 11.7. The third-order valence-corrected chi connectivity index (χ3v) is 6.45. The number of para-hydroxylation sites is 1. The Bertz CT molecular complexity index is 1720. The number of hydrogen-bond acceptors (Lipinski definition) is 9. The van der Waals surface area contributed by atoms with Gasteiger partial charge in [-0.25, -0.2) is 18.1 Å². The fourth-order valence-corrected chi connectivity index (χ4v) is 4.19. The summed E-state index contributed by atoms with van der Waals surface area (Å²) < 4.78 is 53.6. The Hall–Kier alpha value is -4.77. The summed E-state index contributed by atoms with van der Waals surface area (Å²) in [6.07, 6.45) is 5.87. The van der Waals surface area contributed by atoms with Crippen molar-refractivity contribution in [2.45, 2.75) is 20.1 Å². The van der Waals surface area contributed by atoms with Gasteiger partial charge in [-0.3, -0.25) is 0 Å². The molecule has 0 unspecified atom stereocenters. The Labute approximate surface area is 231 Å². The Kier molecular flexibility index (Phi) is 7.74. The summed E-state index contributed by atoms with van der Waals surface area (Å²) in [4.78, 5) is 4.47. The van der Waals surface area contributed by atoms with Crippen LogP contribution in [0.25, 0.3) is 23.4 Å². The van der Waals surface area contributed by atoms with Crippen molar-refractivity contribution in [1.82, 2.24) is 14.8 Å². The van der Waals surface area contributed by atoms with Gasteiger partial charge in [-0.2, -0.15) is 0 Å². The highest BCUT2D eigenvalue weighted by atomic mass is 32.2. The molecule has 0 aliphatic carbocycles. The number of oxazole rings is 1. The van der Waals surface area contributed by atoms with Crippen LogP contribution in [0.15, 0.2) is 87.4 Å². The third kappa shape index (κ3) is 6.44. The van der Waals surface area contributed by atoms with E-state index in [0.29, 0.717) is 40.2 Å². The number of furan rings is 1. The van der Waals surface area contributed by atoms with Crippen LogP contribution in [-0.4, -0.2) is 36.5 Å². The maximum absolute atomic E-state index is 11.7. The molecular formula is C29H27N3O7S. The van der Waals surface area contributed by atoms with Crippen LogP contribution >= 0.6 is 0 Å². The van der Waals surface area contributed by atoms with E-state index in [1.54, 1.807) is 48.5 Å². The van der Waals surface area contributed by atoms with Crippen molar-refractivity contribution in [3.8, 4) is 34.7 Å². The second-order valence-corrected chi connectivity index (χ2v) is 10.8. The highest BCUT2D eigenvalue weighted by Gasteiger charge is 2.16. The number of hydrogen-bond donors (Lipinski definition) is 0. The van der Waals surface area contributed by atoms with Crippen LogP contribution in [0.1, 0.15) is 22.6 Å². The van der Waals surface area contributed by atoms with Crippen molar-refractivity contribution < 1.29 is 31.5 Å². The molecule has 0 aliphatic heterocycles. The van der Waals surface area contributed by atoms with Gasteiger partial charge in [0, 0.05) is 17.9 Å². The Morgan fingerprint density at radius 2 is 1.82 bits per heavy atom. The lowest BCUT2D eigenvalue weighted by Gasteiger charge is -2.12. The van der Waals surface area contributed by atoms with Gasteiger partial charge in [0.2, 0.25) is 5.88 Å². The molecule has 10 nitrogen and oxygen atoms in total. The van der Waals surface area contributed by atoms with Crippen molar-refractivity contribution >= 4 is 15.9 Å². The number of aromatic nitrogens is 3. The van der Waals surface area contributed by atoms with E-state index in [9.17, 15) is 8.42 Å². The Morgan fingerprint density at radius 1 is 1.00 bits per heavy atom.